The van der Waals surface area contributed by atoms with Crippen molar-refractivity contribution in [1.29, 1.82) is 0 Å². The van der Waals surface area contributed by atoms with Gasteiger partial charge in [0.25, 0.3) is 0 Å². The molecule has 6 heteroatoms. The largest absolute Gasteiger partial charge is 0.394 e. The van der Waals surface area contributed by atoms with Crippen LogP contribution in [0, 0.1) is 0 Å². The summed E-state index contributed by atoms with van der Waals surface area (Å²) in [5.74, 6) is 0. The fourth-order valence-corrected chi connectivity index (χ4v) is 1.55. The highest BCUT2D eigenvalue weighted by Gasteiger charge is 2.43. The zero-order chi connectivity index (χ0) is 12.1. The van der Waals surface area contributed by atoms with Crippen molar-refractivity contribution >= 4 is 0 Å². The summed E-state index contributed by atoms with van der Waals surface area (Å²) in [4.78, 5) is 0. The summed E-state index contributed by atoms with van der Waals surface area (Å²) >= 11 is 0. The average molecular weight is 236 g/mol. The highest BCUT2D eigenvalue weighted by molar-refractivity contribution is 4.88. The van der Waals surface area contributed by atoms with Crippen molar-refractivity contribution in [2.75, 3.05) is 13.2 Å². The zero-order valence-corrected chi connectivity index (χ0v) is 9.32. The van der Waals surface area contributed by atoms with Gasteiger partial charge in [0.2, 0.25) is 0 Å². The summed E-state index contributed by atoms with van der Waals surface area (Å²) in [7, 11) is 0. The third-order valence-electron chi connectivity index (χ3n) is 2.63. The van der Waals surface area contributed by atoms with Gasteiger partial charge >= 0.3 is 0 Å². The Labute approximate surface area is 94.4 Å². The molecule has 96 valence electrons. The number of ether oxygens (including phenoxy) is 2. The van der Waals surface area contributed by atoms with Crippen LogP contribution in [0.1, 0.15) is 19.8 Å². The van der Waals surface area contributed by atoms with E-state index < -0.39 is 37.3 Å². The molecule has 1 rings (SSSR count). The first-order chi connectivity index (χ1) is 7.61. The lowest BCUT2D eigenvalue weighted by atomic mass is 9.99. The molecule has 16 heavy (non-hydrogen) atoms. The maximum atomic E-state index is 9.58. The van der Waals surface area contributed by atoms with Crippen LogP contribution in [0.25, 0.3) is 0 Å². The maximum absolute atomic E-state index is 9.58. The van der Waals surface area contributed by atoms with E-state index in [0.717, 1.165) is 12.8 Å². The van der Waals surface area contributed by atoms with Gasteiger partial charge < -0.3 is 29.9 Å². The van der Waals surface area contributed by atoms with Crippen molar-refractivity contribution in [3.63, 3.8) is 0 Å². The van der Waals surface area contributed by atoms with Gasteiger partial charge in [-0.2, -0.15) is 0 Å². The molecule has 1 aliphatic heterocycles. The van der Waals surface area contributed by atoms with E-state index in [1.165, 1.54) is 0 Å². The van der Waals surface area contributed by atoms with E-state index in [4.69, 9.17) is 14.6 Å². The van der Waals surface area contributed by atoms with Gasteiger partial charge in [-0.3, -0.25) is 0 Å². The summed E-state index contributed by atoms with van der Waals surface area (Å²) < 4.78 is 10.4. The van der Waals surface area contributed by atoms with E-state index in [2.05, 4.69) is 0 Å². The van der Waals surface area contributed by atoms with Gasteiger partial charge in [-0.1, -0.05) is 13.3 Å². The number of rotatable bonds is 5. The Balaban J connectivity index is 2.50. The summed E-state index contributed by atoms with van der Waals surface area (Å²) in [5, 5.41) is 37.5. The highest BCUT2D eigenvalue weighted by atomic mass is 16.7. The first-order valence-electron chi connectivity index (χ1n) is 5.54. The molecule has 5 atom stereocenters. The molecular formula is C10H20O6. The molecule has 0 aromatic carbocycles. The van der Waals surface area contributed by atoms with Gasteiger partial charge in [-0.25, -0.2) is 0 Å². The maximum Gasteiger partial charge on any atom is 0.186 e. The van der Waals surface area contributed by atoms with E-state index in [1.54, 1.807) is 0 Å². The normalized spacial score (nSPS) is 39.9. The molecule has 0 aliphatic carbocycles. The minimum Gasteiger partial charge on any atom is -0.394 e. The Kier molecular flexibility index (Phi) is 5.60. The Morgan fingerprint density at radius 2 is 1.81 bits per heavy atom. The minimum atomic E-state index is -1.36. The summed E-state index contributed by atoms with van der Waals surface area (Å²) in [6.07, 6.45) is -4.13. The average Bonchev–Trinajstić information content (AvgIpc) is 2.29. The van der Waals surface area contributed by atoms with E-state index >= 15 is 0 Å². The Bertz CT molecular complexity index is 198. The van der Waals surface area contributed by atoms with Crippen LogP contribution >= 0.6 is 0 Å². The lowest BCUT2D eigenvalue weighted by Crippen LogP contribution is -2.59. The SMILES string of the molecule is CCCCO[C@H]1O[C@H](CO)[C@H](O)[C@H](O)[C@@H]1O. The molecule has 1 fully saturated rings. The molecule has 0 amide bonds. The van der Waals surface area contributed by atoms with Gasteiger partial charge in [0.15, 0.2) is 6.29 Å². The van der Waals surface area contributed by atoms with E-state index in [0.29, 0.717) is 6.61 Å². The van der Waals surface area contributed by atoms with Crippen LogP contribution in [0.3, 0.4) is 0 Å². The molecule has 4 N–H and O–H groups in total. The highest BCUT2D eigenvalue weighted by Crippen LogP contribution is 2.21. The smallest absolute Gasteiger partial charge is 0.186 e. The second-order valence-corrected chi connectivity index (χ2v) is 3.92. The van der Waals surface area contributed by atoms with Crippen LogP contribution in [0.2, 0.25) is 0 Å². The van der Waals surface area contributed by atoms with E-state index in [9.17, 15) is 15.3 Å². The Morgan fingerprint density at radius 1 is 1.12 bits per heavy atom. The number of aliphatic hydroxyl groups excluding tert-OH is 4. The zero-order valence-electron chi connectivity index (χ0n) is 9.32. The Morgan fingerprint density at radius 3 is 2.38 bits per heavy atom. The molecule has 1 aliphatic rings. The molecule has 0 aromatic heterocycles. The van der Waals surface area contributed by atoms with E-state index in [1.807, 2.05) is 6.92 Å². The predicted molar refractivity (Wildman–Crippen MR) is 54.6 cm³/mol. The van der Waals surface area contributed by atoms with Crippen molar-refractivity contribution < 1.29 is 29.9 Å². The molecule has 0 bridgehead atoms. The number of unbranched alkanes of at least 4 members (excludes halogenated alkanes) is 1. The third kappa shape index (κ3) is 3.13. The van der Waals surface area contributed by atoms with Crippen LogP contribution in [-0.4, -0.2) is 64.3 Å². The molecule has 1 heterocycles. The lowest BCUT2D eigenvalue weighted by molar-refractivity contribution is -0.301. The molecule has 1 saturated heterocycles. The fourth-order valence-electron chi connectivity index (χ4n) is 1.55. The van der Waals surface area contributed by atoms with Crippen LogP contribution in [0.4, 0.5) is 0 Å². The molecule has 6 nitrogen and oxygen atoms in total. The van der Waals surface area contributed by atoms with Gasteiger partial charge in [0.1, 0.15) is 24.4 Å². The van der Waals surface area contributed by atoms with Crippen LogP contribution in [-0.2, 0) is 9.47 Å². The first-order valence-corrected chi connectivity index (χ1v) is 5.54. The summed E-state index contributed by atoms with van der Waals surface area (Å²) in [6.45, 7) is 1.97. The van der Waals surface area contributed by atoms with Gasteiger partial charge in [0.05, 0.1) is 6.61 Å². The van der Waals surface area contributed by atoms with Gasteiger partial charge in [-0.05, 0) is 6.42 Å². The van der Waals surface area contributed by atoms with Crippen LogP contribution in [0.5, 0.6) is 0 Å². The van der Waals surface area contributed by atoms with Crippen LogP contribution in [0.15, 0.2) is 0 Å². The Hall–Kier alpha value is -0.240. The van der Waals surface area contributed by atoms with Crippen molar-refractivity contribution in [2.45, 2.75) is 50.5 Å². The molecule has 0 spiro atoms. The topological polar surface area (TPSA) is 99.4 Å². The summed E-state index contributed by atoms with van der Waals surface area (Å²) in [5.41, 5.74) is 0. The van der Waals surface area contributed by atoms with Gasteiger partial charge in [0, 0.05) is 6.61 Å². The molecule has 0 radical (unpaired) electrons. The number of hydrogen-bond acceptors (Lipinski definition) is 6. The number of aliphatic hydroxyl groups is 4. The molecular weight excluding hydrogens is 216 g/mol. The van der Waals surface area contributed by atoms with Crippen LogP contribution < -0.4 is 0 Å². The molecule has 0 aromatic rings. The quantitative estimate of drug-likeness (QED) is 0.438. The van der Waals surface area contributed by atoms with Crippen molar-refractivity contribution in [1.82, 2.24) is 0 Å². The molecule has 0 unspecified atom stereocenters. The standard InChI is InChI=1S/C10H20O6/c1-2-3-4-15-10-9(14)8(13)7(12)6(5-11)16-10/h6-14H,2-5H2,1H3/t6-,7+,8+,9+,10+/m1/s1. The lowest BCUT2D eigenvalue weighted by Gasteiger charge is -2.39. The second-order valence-electron chi connectivity index (χ2n) is 3.92. The second kappa shape index (κ2) is 6.48. The minimum absolute atomic E-state index is 0.402. The first kappa shape index (κ1) is 13.8. The summed E-state index contributed by atoms with van der Waals surface area (Å²) in [6, 6.07) is 0. The third-order valence-corrected chi connectivity index (χ3v) is 2.63. The predicted octanol–water partition coefficient (Wildman–Crippen LogP) is -1.40. The van der Waals surface area contributed by atoms with Crippen molar-refractivity contribution in [3.8, 4) is 0 Å². The number of hydrogen-bond donors (Lipinski definition) is 4. The fraction of sp³-hybridized carbons (Fsp3) is 1.00. The van der Waals surface area contributed by atoms with Gasteiger partial charge in [-0.15, -0.1) is 0 Å². The van der Waals surface area contributed by atoms with E-state index in [-0.39, 0.29) is 0 Å². The van der Waals surface area contributed by atoms with Crippen molar-refractivity contribution in [2.24, 2.45) is 0 Å². The molecule has 0 saturated carbocycles. The monoisotopic (exact) mass is 236 g/mol. The van der Waals surface area contributed by atoms with Crippen molar-refractivity contribution in [3.05, 3.63) is 0 Å².